The van der Waals surface area contributed by atoms with E-state index in [9.17, 15) is 0 Å². The van der Waals surface area contributed by atoms with E-state index in [1.165, 1.54) is 57.8 Å². The summed E-state index contributed by atoms with van der Waals surface area (Å²) in [5, 5.41) is 3.67. The van der Waals surface area contributed by atoms with Crippen molar-refractivity contribution in [3.63, 3.8) is 0 Å². The van der Waals surface area contributed by atoms with Crippen LogP contribution in [0.5, 0.6) is 0 Å². The van der Waals surface area contributed by atoms with Gasteiger partial charge in [0.1, 0.15) is 0 Å². The van der Waals surface area contributed by atoms with Gasteiger partial charge in [-0.05, 0) is 31.2 Å². The molecule has 1 N–H and O–H groups in total. The van der Waals surface area contributed by atoms with Crippen molar-refractivity contribution < 1.29 is 4.74 Å². The smallest absolute Gasteiger partial charge is 0.0733 e. The number of nitrogens with one attached hydrogen (secondary N) is 1. The van der Waals surface area contributed by atoms with Gasteiger partial charge in [-0.15, -0.1) is 0 Å². The molecular formula is C18H37NO. The van der Waals surface area contributed by atoms with Crippen LogP contribution >= 0.6 is 0 Å². The zero-order valence-corrected chi connectivity index (χ0v) is 14.3. The molecule has 0 amide bonds. The molecule has 20 heavy (non-hydrogen) atoms. The number of likely N-dealkylation sites (N-methyl/N-ethyl adjacent to an activating group) is 1. The van der Waals surface area contributed by atoms with Crippen LogP contribution in [0.15, 0.2) is 0 Å². The van der Waals surface area contributed by atoms with Gasteiger partial charge in [-0.3, -0.25) is 0 Å². The van der Waals surface area contributed by atoms with Gasteiger partial charge in [0.25, 0.3) is 0 Å². The van der Waals surface area contributed by atoms with Crippen molar-refractivity contribution in [1.82, 2.24) is 5.32 Å². The average Bonchev–Trinajstić information content (AvgIpc) is 2.41. The molecule has 0 saturated heterocycles. The predicted octanol–water partition coefficient (Wildman–Crippen LogP) is 4.92. The Balaban J connectivity index is 2.23. The van der Waals surface area contributed by atoms with Gasteiger partial charge >= 0.3 is 0 Å². The number of rotatable bonds is 10. The van der Waals surface area contributed by atoms with Crippen LogP contribution in [0.2, 0.25) is 0 Å². The van der Waals surface area contributed by atoms with E-state index in [1.807, 2.05) is 0 Å². The molecule has 2 unspecified atom stereocenters. The Morgan fingerprint density at radius 3 is 2.45 bits per heavy atom. The highest BCUT2D eigenvalue weighted by atomic mass is 16.5. The number of unbranched alkanes of at least 4 members (excludes halogenated alkanes) is 5. The van der Waals surface area contributed by atoms with E-state index in [1.54, 1.807) is 0 Å². The van der Waals surface area contributed by atoms with Gasteiger partial charge in [-0.2, -0.15) is 0 Å². The minimum atomic E-state index is 0.375. The molecule has 0 spiro atoms. The van der Waals surface area contributed by atoms with Crippen molar-refractivity contribution in [3.8, 4) is 0 Å². The first-order chi connectivity index (χ1) is 9.61. The van der Waals surface area contributed by atoms with Crippen LogP contribution in [-0.2, 0) is 4.74 Å². The summed E-state index contributed by atoms with van der Waals surface area (Å²) in [5.41, 5.74) is 0.375. The highest BCUT2D eigenvalue weighted by molar-refractivity contribution is 4.94. The molecule has 0 bridgehead atoms. The van der Waals surface area contributed by atoms with Gasteiger partial charge in [-0.25, -0.2) is 0 Å². The summed E-state index contributed by atoms with van der Waals surface area (Å²) >= 11 is 0. The SMILES string of the molecule is CCCCCCCCOC1CCCC(C)(C)C1NCC. The van der Waals surface area contributed by atoms with Gasteiger partial charge in [0, 0.05) is 12.6 Å². The van der Waals surface area contributed by atoms with Crippen LogP contribution in [-0.4, -0.2) is 25.3 Å². The molecule has 1 saturated carbocycles. The van der Waals surface area contributed by atoms with Gasteiger partial charge in [0.2, 0.25) is 0 Å². The zero-order chi connectivity index (χ0) is 14.8. The molecule has 2 atom stereocenters. The van der Waals surface area contributed by atoms with E-state index in [0.717, 1.165) is 13.2 Å². The summed E-state index contributed by atoms with van der Waals surface area (Å²) in [5.74, 6) is 0. The summed E-state index contributed by atoms with van der Waals surface area (Å²) in [6.07, 6.45) is 12.4. The Labute approximate surface area is 127 Å². The monoisotopic (exact) mass is 283 g/mol. The molecule has 1 aliphatic rings. The molecule has 2 nitrogen and oxygen atoms in total. The summed E-state index contributed by atoms with van der Waals surface area (Å²) < 4.78 is 6.23. The Bertz CT molecular complexity index is 240. The van der Waals surface area contributed by atoms with Crippen LogP contribution < -0.4 is 5.32 Å². The zero-order valence-electron chi connectivity index (χ0n) is 14.3. The van der Waals surface area contributed by atoms with E-state index >= 15 is 0 Å². The van der Waals surface area contributed by atoms with Crippen molar-refractivity contribution in [2.24, 2.45) is 5.41 Å². The average molecular weight is 284 g/mol. The van der Waals surface area contributed by atoms with Gasteiger partial charge in [-0.1, -0.05) is 66.2 Å². The quantitative estimate of drug-likeness (QED) is 0.575. The van der Waals surface area contributed by atoms with Crippen LogP contribution in [0.4, 0.5) is 0 Å². The minimum absolute atomic E-state index is 0.375. The summed E-state index contributed by atoms with van der Waals surface area (Å²) in [4.78, 5) is 0. The summed E-state index contributed by atoms with van der Waals surface area (Å²) in [6, 6.07) is 0.529. The highest BCUT2D eigenvalue weighted by Gasteiger charge is 2.38. The van der Waals surface area contributed by atoms with Gasteiger partial charge in [0.05, 0.1) is 6.10 Å². The van der Waals surface area contributed by atoms with Crippen molar-refractivity contribution >= 4 is 0 Å². The number of ether oxygens (including phenoxy) is 1. The molecule has 0 aromatic rings. The molecule has 2 heteroatoms. The highest BCUT2D eigenvalue weighted by Crippen LogP contribution is 2.37. The lowest BCUT2D eigenvalue weighted by Gasteiger charge is -2.44. The Morgan fingerprint density at radius 2 is 1.75 bits per heavy atom. The lowest BCUT2D eigenvalue weighted by Crippen LogP contribution is -2.53. The second-order valence-electron chi connectivity index (χ2n) is 7.09. The first kappa shape index (κ1) is 18.0. The molecule has 0 heterocycles. The molecule has 1 aliphatic carbocycles. The summed E-state index contributed by atoms with van der Waals surface area (Å²) in [6.45, 7) is 11.3. The maximum absolute atomic E-state index is 6.23. The molecule has 0 aromatic carbocycles. The van der Waals surface area contributed by atoms with Gasteiger partial charge in [0.15, 0.2) is 0 Å². The lowest BCUT2D eigenvalue weighted by atomic mass is 9.71. The fourth-order valence-electron chi connectivity index (χ4n) is 3.51. The van der Waals surface area contributed by atoms with Crippen LogP contribution in [0.25, 0.3) is 0 Å². The largest absolute Gasteiger partial charge is 0.377 e. The van der Waals surface area contributed by atoms with Crippen LogP contribution in [0.1, 0.15) is 85.5 Å². The van der Waals surface area contributed by atoms with Crippen molar-refractivity contribution in [2.45, 2.75) is 97.6 Å². The predicted molar refractivity (Wildman–Crippen MR) is 88.2 cm³/mol. The maximum atomic E-state index is 6.23. The maximum Gasteiger partial charge on any atom is 0.0733 e. The summed E-state index contributed by atoms with van der Waals surface area (Å²) in [7, 11) is 0. The normalized spacial score (nSPS) is 25.8. The molecule has 0 radical (unpaired) electrons. The Morgan fingerprint density at radius 1 is 1.05 bits per heavy atom. The first-order valence-electron chi connectivity index (χ1n) is 8.96. The topological polar surface area (TPSA) is 21.3 Å². The molecular weight excluding hydrogens is 246 g/mol. The lowest BCUT2D eigenvalue weighted by molar-refractivity contribution is -0.0378. The second-order valence-corrected chi connectivity index (χ2v) is 7.09. The fraction of sp³-hybridized carbons (Fsp3) is 1.00. The number of hydrogen-bond donors (Lipinski definition) is 1. The van der Waals surface area contributed by atoms with E-state index < -0.39 is 0 Å². The third-order valence-electron chi connectivity index (χ3n) is 4.78. The van der Waals surface area contributed by atoms with E-state index in [0.29, 0.717) is 17.6 Å². The van der Waals surface area contributed by atoms with Crippen molar-refractivity contribution in [3.05, 3.63) is 0 Å². The molecule has 1 rings (SSSR count). The molecule has 1 fully saturated rings. The second kappa shape index (κ2) is 9.78. The third kappa shape index (κ3) is 6.13. The van der Waals surface area contributed by atoms with Crippen molar-refractivity contribution in [1.29, 1.82) is 0 Å². The van der Waals surface area contributed by atoms with Crippen molar-refractivity contribution in [2.75, 3.05) is 13.2 Å². The van der Waals surface area contributed by atoms with E-state index in [4.69, 9.17) is 4.74 Å². The molecule has 120 valence electrons. The minimum Gasteiger partial charge on any atom is -0.377 e. The Kier molecular flexibility index (Phi) is 8.79. The van der Waals surface area contributed by atoms with Crippen LogP contribution in [0, 0.1) is 5.41 Å². The number of hydrogen-bond acceptors (Lipinski definition) is 2. The fourth-order valence-corrected chi connectivity index (χ4v) is 3.51. The first-order valence-corrected chi connectivity index (χ1v) is 8.96. The van der Waals surface area contributed by atoms with E-state index in [2.05, 4.69) is 33.0 Å². The molecule has 0 aromatic heterocycles. The van der Waals surface area contributed by atoms with E-state index in [-0.39, 0.29) is 0 Å². The standard InChI is InChI=1S/C18H37NO/c1-5-7-8-9-10-11-15-20-16-13-12-14-18(3,4)17(16)19-6-2/h16-17,19H,5-15H2,1-4H3. The molecule has 0 aliphatic heterocycles. The van der Waals surface area contributed by atoms with Gasteiger partial charge < -0.3 is 10.1 Å². The van der Waals surface area contributed by atoms with Crippen LogP contribution in [0.3, 0.4) is 0 Å². The third-order valence-corrected chi connectivity index (χ3v) is 4.78. The Hall–Kier alpha value is -0.0800.